The molecule has 0 radical (unpaired) electrons. The first-order valence-corrected chi connectivity index (χ1v) is 7.38. The van der Waals surface area contributed by atoms with E-state index in [-0.39, 0.29) is 0 Å². The van der Waals surface area contributed by atoms with Crippen molar-refractivity contribution < 1.29 is 0 Å². The molecule has 1 aliphatic rings. The Bertz CT molecular complexity index is 176. The molecule has 16 heavy (non-hydrogen) atoms. The predicted molar refractivity (Wildman–Crippen MR) is 72.6 cm³/mol. The minimum absolute atomic E-state index is 0.865. The Morgan fingerprint density at radius 3 is 2.44 bits per heavy atom. The molecule has 0 aromatic heterocycles. The van der Waals surface area contributed by atoms with Crippen LogP contribution in [0.5, 0.6) is 0 Å². The Labute approximate surface area is 102 Å². The minimum Gasteiger partial charge on any atom is -0.317 e. The van der Waals surface area contributed by atoms with Crippen molar-refractivity contribution in [3.05, 3.63) is 0 Å². The lowest BCUT2D eigenvalue weighted by molar-refractivity contribution is 0.150. The van der Waals surface area contributed by atoms with Crippen LogP contribution in [0.2, 0.25) is 0 Å². The normalized spacial score (nSPS) is 30.9. The Hall–Kier alpha value is -0.0400. The Morgan fingerprint density at radius 1 is 1.12 bits per heavy atom. The topological polar surface area (TPSA) is 12.0 Å². The van der Waals surface area contributed by atoms with Gasteiger partial charge in [0, 0.05) is 0 Å². The average Bonchev–Trinajstić information content (AvgIpc) is 2.26. The molecule has 1 saturated carbocycles. The van der Waals surface area contributed by atoms with Gasteiger partial charge in [-0.25, -0.2) is 0 Å². The van der Waals surface area contributed by atoms with Gasteiger partial charge in [0.05, 0.1) is 0 Å². The summed E-state index contributed by atoms with van der Waals surface area (Å²) in [5.74, 6) is 3.81. The Kier molecular flexibility index (Phi) is 6.41. The first-order chi connectivity index (χ1) is 7.67. The van der Waals surface area contributed by atoms with Crippen LogP contribution >= 0.6 is 0 Å². The lowest BCUT2D eigenvalue weighted by Crippen LogP contribution is -2.33. The molecule has 0 amide bonds. The third-order valence-corrected chi connectivity index (χ3v) is 4.26. The van der Waals surface area contributed by atoms with Gasteiger partial charge >= 0.3 is 0 Å². The summed E-state index contributed by atoms with van der Waals surface area (Å²) in [7, 11) is 0. The quantitative estimate of drug-likeness (QED) is 0.718. The van der Waals surface area contributed by atoms with E-state index in [4.69, 9.17) is 0 Å². The monoisotopic (exact) mass is 225 g/mol. The van der Waals surface area contributed by atoms with E-state index in [0.717, 1.165) is 30.2 Å². The van der Waals surface area contributed by atoms with Crippen molar-refractivity contribution in [2.24, 2.45) is 23.7 Å². The maximum Gasteiger partial charge on any atom is -0.00180 e. The summed E-state index contributed by atoms with van der Waals surface area (Å²) in [4.78, 5) is 0. The molecule has 1 nitrogen and oxygen atoms in total. The van der Waals surface area contributed by atoms with Crippen LogP contribution in [0.25, 0.3) is 0 Å². The van der Waals surface area contributed by atoms with Crippen LogP contribution in [0.3, 0.4) is 0 Å². The highest BCUT2D eigenvalue weighted by Gasteiger charge is 2.29. The summed E-state index contributed by atoms with van der Waals surface area (Å²) in [5, 5.41) is 3.55. The zero-order valence-electron chi connectivity index (χ0n) is 11.8. The molecule has 1 heteroatoms. The van der Waals surface area contributed by atoms with E-state index in [1.807, 2.05) is 0 Å². The predicted octanol–water partition coefficient (Wildman–Crippen LogP) is 4.08. The van der Waals surface area contributed by atoms with Gasteiger partial charge < -0.3 is 5.32 Å². The van der Waals surface area contributed by atoms with Gasteiger partial charge in [-0.3, -0.25) is 0 Å². The smallest absolute Gasteiger partial charge is 0.00180 e. The molecule has 96 valence electrons. The fourth-order valence-corrected chi connectivity index (χ4v) is 3.29. The van der Waals surface area contributed by atoms with Crippen molar-refractivity contribution in [3.63, 3.8) is 0 Å². The maximum atomic E-state index is 3.55. The molecule has 1 rings (SSSR count). The van der Waals surface area contributed by atoms with Crippen LogP contribution < -0.4 is 5.32 Å². The van der Waals surface area contributed by atoms with Gasteiger partial charge in [0.2, 0.25) is 0 Å². The van der Waals surface area contributed by atoms with Gasteiger partial charge in [0.25, 0.3) is 0 Å². The number of hydrogen-bond donors (Lipinski definition) is 1. The van der Waals surface area contributed by atoms with Crippen molar-refractivity contribution in [2.75, 3.05) is 13.1 Å². The van der Waals surface area contributed by atoms with Gasteiger partial charge in [-0.05, 0) is 56.0 Å². The fourth-order valence-electron chi connectivity index (χ4n) is 3.29. The van der Waals surface area contributed by atoms with Crippen LogP contribution in [0.15, 0.2) is 0 Å². The molecule has 3 unspecified atom stereocenters. The van der Waals surface area contributed by atoms with Gasteiger partial charge in [0.15, 0.2) is 0 Å². The molecule has 0 aliphatic heterocycles. The Morgan fingerprint density at radius 2 is 1.88 bits per heavy atom. The summed E-state index contributed by atoms with van der Waals surface area (Å²) in [6.45, 7) is 11.7. The summed E-state index contributed by atoms with van der Waals surface area (Å²) in [5.41, 5.74) is 0. The third-order valence-electron chi connectivity index (χ3n) is 4.26. The first kappa shape index (κ1) is 14.0. The standard InChI is InChI=1S/C15H31N/c1-5-13-7-8-14(11-16-6-2)15(10-13)9-12(3)4/h12-16H,5-11H2,1-4H3. The third kappa shape index (κ3) is 4.45. The van der Waals surface area contributed by atoms with Gasteiger partial charge in [0.1, 0.15) is 0 Å². The molecular formula is C15H31N. The van der Waals surface area contributed by atoms with E-state index in [1.165, 1.54) is 38.6 Å². The van der Waals surface area contributed by atoms with Crippen LogP contribution in [0, 0.1) is 23.7 Å². The van der Waals surface area contributed by atoms with E-state index in [9.17, 15) is 0 Å². The number of rotatable bonds is 6. The molecule has 0 spiro atoms. The van der Waals surface area contributed by atoms with Crippen LogP contribution in [-0.4, -0.2) is 13.1 Å². The molecule has 0 saturated heterocycles. The SMILES string of the molecule is CCNCC1CCC(CC)CC1CC(C)C. The summed E-state index contributed by atoms with van der Waals surface area (Å²) >= 11 is 0. The van der Waals surface area contributed by atoms with E-state index < -0.39 is 0 Å². The van der Waals surface area contributed by atoms with E-state index in [1.54, 1.807) is 0 Å². The van der Waals surface area contributed by atoms with Crippen molar-refractivity contribution in [3.8, 4) is 0 Å². The van der Waals surface area contributed by atoms with Crippen LogP contribution in [0.1, 0.15) is 59.8 Å². The average molecular weight is 225 g/mol. The molecule has 1 N–H and O–H groups in total. The number of hydrogen-bond acceptors (Lipinski definition) is 1. The van der Waals surface area contributed by atoms with Crippen molar-refractivity contribution in [1.29, 1.82) is 0 Å². The largest absolute Gasteiger partial charge is 0.317 e. The summed E-state index contributed by atoms with van der Waals surface area (Å²) in [6.07, 6.45) is 7.25. The second kappa shape index (κ2) is 7.32. The van der Waals surface area contributed by atoms with Crippen LogP contribution in [0.4, 0.5) is 0 Å². The lowest BCUT2D eigenvalue weighted by Gasteiger charge is -2.37. The van der Waals surface area contributed by atoms with E-state index in [2.05, 4.69) is 33.0 Å². The lowest BCUT2D eigenvalue weighted by atomic mass is 9.70. The minimum atomic E-state index is 0.865. The van der Waals surface area contributed by atoms with E-state index in [0.29, 0.717) is 0 Å². The highest BCUT2D eigenvalue weighted by Crippen LogP contribution is 2.38. The Balaban J connectivity index is 2.46. The highest BCUT2D eigenvalue weighted by molar-refractivity contribution is 4.81. The second-order valence-electron chi connectivity index (χ2n) is 6.04. The summed E-state index contributed by atoms with van der Waals surface area (Å²) < 4.78 is 0. The molecule has 0 aromatic carbocycles. The number of nitrogens with one attached hydrogen (secondary N) is 1. The fraction of sp³-hybridized carbons (Fsp3) is 1.00. The van der Waals surface area contributed by atoms with E-state index >= 15 is 0 Å². The molecule has 1 aliphatic carbocycles. The molecule has 0 aromatic rings. The van der Waals surface area contributed by atoms with Crippen LogP contribution in [-0.2, 0) is 0 Å². The van der Waals surface area contributed by atoms with Crippen molar-refractivity contribution in [1.82, 2.24) is 5.32 Å². The molecule has 0 bridgehead atoms. The van der Waals surface area contributed by atoms with Gasteiger partial charge in [-0.1, -0.05) is 40.5 Å². The second-order valence-corrected chi connectivity index (χ2v) is 6.04. The highest BCUT2D eigenvalue weighted by atomic mass is 14.8. The summed E-state index contributed by atoms with van der Waals surface area (Å²) in [6, 6.07) is 0. The van der Waals surface area contributed by atoms with Crippen molar-refractivity contribution in [2.45, 2.75) is 59.8 Å². The van der Waals surface area contributed by atoms with Crippen molar-refractivity contribution >= 4 is 0 Å². The van der Waals surface area contributed by atoms with Gasteiger partial charge in [-0.2, -0.15) is 0 Å². The molecule has 3 atom stereocenters. The zero-order chi connectivity index (χ0) is 12.0. The zero-order valence-corrected chi connectivity index (χ0v) is 11.8. The first-order valence-electron chi connectivity index (χ1n) is 7.38. The molecular weight excluding hydrogens is 194 g/mol. The maximum absolute atomic E-state index is 3.55. The van der Waals surface area contributed by atoms with Gasteiger partial charge in [-0.15, -0.1) is 0 Å². The molecule has 1 fully saturated rings. The molecule has 0 heterocycles.